The van der Waals surface area contributed by atoms with Crippen LogP contribution in [0.3, 0.4) is 0 Å². The monoisotopic (exact) mass is 335 g/mol. The van der Waals surface area contributed by atoms with Crippen molar-refractivity contribution < 1.29 is 23.7 Å². The summed E-state index contributed by atoms with van der Waals surface area (Å²) in [6, 6.07) is 3.61. The van der Waals surface area contributed by atoms with Crippen molar-refractivity contribution in [3.8, 4) is 17.2 Å². The molecule has 1 aromatic rings. The van der Waals surface area contributed by atoms with Crippen molar-refractivity contribution in [1.29, 1.82) is 0 Å². The van der Waals surface area contributed by atoms with Crippen molar-refractivity contribution in [2.45, 2.75) is 19.4 Å². The van der Waals surface area contributed by atoms with E-state index in [2.05, 4.69) is 6.92 Å². The van der Waals surface area contributed by atoms with Crippen LogP contribution in [0.4, 0.5) is 0 Å². The Bertz CT molecular complexity index is 574. The molecule has 1 atom stereocenters. The fourth-order valence-corrected chi connectivity index (χ4v) is 2.64. The van der Waals surface area contributed by atoms with Gasteiger partial charge in [0.15, 0.2) is 11.5 Å². The molecule has 132 valence electrons. The molecule has 1 saturated heterocycles. The first-order valence-electron chi connectivity index (χ1n) is 8.01. The zero-order valence-electron chi connectivity index (χ0n) is 14.7. The first-order chi connectivity index (χ1) is 11.6. The first-order valence-corrected chi connectivity index (χ1v) is 8.01. The van der Waals surface area contributed by atoms with Crippen LogP contribution in [0.1, 0.15) is 18.9 Å². The third-order valence-electron chi connectivity index (χ3n) is 4.01. The summed E-state index contributed by atoms with van der Waals surface area (Å²) in [5.74, 6) is 1.62. The highest BCUT2D eigenvalue weighted by Crippen LogP contribution is 2.38. The molecule has 0 aliphatic carbocycles. The summed E-state index contributed by atoms with van der Waals surface area (Å²) in [6.07, 6.45) is 4.35. The number of benzene rings is 1. The summed E-state index contributed by atoms with van der Waals surface area (Å²) < 4.78 is 21.5. The van der Waals surface area contributed by atoms with Gasteiger partial charge in [-0.2, -0.15) is 0 Å². The fraction of sp³-hybridized carbons (Fsp3) is 0.500. The van der Waals surface area contributed by atoms with Crippen LogP contribution in [0.25, 0.3) is 6.08 Å². The largest absolute Gasteiger partial charge is 0.493 e. The number of carbonyl (C=O) groups is 1. The number of nitrogens with zero attached hydrogens (tertiary/aromatic N) is 1. The van der Waals surface area contributed by atoms with E-state index in [1.807, 2.05) is 4.90 Å². The van der Waals surface area contributed by atoms with Crippen molar-refractivity contribution in [3.63, 3.8) is 0 Å². The maximum absolute atomic E-state index is 12.4. The first kappa shape index (κ1) is 18.1. The Hall–Kier alpha value is -2.21. The fourth-order valence-electron chi connectivity index (χ4n) is 2.64. The molecule has 0 bridgehead atoms. The van der Waals surface area contributed by atoms with Gasteiger partial charge < -0.3 is 23.8 Å². The minimum Gasteiger partial charge on any atom is -0.493 e. The minimum absolute atomic E-state index is 0.0227. The number of morpholine rings is 1. The molecule has 24 heavy (non-hydrogen) atoms. The molecule has 0 radical (unpaired) electrons. The second-order valence-electron chi connectivity index (χ2n) is 5.48. The predicted octanol–water partition coefficient (Wildman–Crippen LogP) is 2.36. The molecule has 6 heteroatoms. The average Bonchev–Trinajstić information content (AvgIpc) is 2.64. The molecular formula is C18H25NO5. The Kier molecular flexibility index (Phi) is 6.49. The number of carbonyl (C=O) groups excluding carboxylic acids is 1. The molecule has 1 fully saturated rings. The van der Waals surface area contributed by atoms with Crippen LogP contribution in [0, 0.1) is 0 Å². The van der Waals surface area contributed by atoms with Crippen LogP contribution in [-0.4, -0.2) is 57.9 Å². The summed E-state index contributed by atoms with van der Waals surface area (Å²) in [7, 11) is 4.69. The van der Waals surface area contributed by atoms with E-state index < -0.39 is 0 Å². The zero-order chi connectivity index (χ0) is 17.5. The molecule has 1 amide bonds. The zero-order valence-corrected chi connectivity index (χ0v) is 14.7. The van der Waals surface area contributed by atoms with Crippen molar-refractivity contribution in [2.24, 2.45) is 0 Å². The van der Waals surface area contributed by atoms with Gasteiger partial charge in [0.25, 0.3) is 0 Å². The Balaban J connectivity index is 2.14. The summed E-state index contributed by atoms with van der Waals surface area (Å²) in [5.41, 5.74) is 0.804. The van der Waals surface area contributed by atoms with Crippen LogP contribution in [0.2, 0.25) is 0 Å². The predicted molar refractivity (Wildman–Crippen MR) is 91.7 cm³/mol. The van der Waals surface area contributed by atoms with Crippen molar-refractivity contribution in [3.05, 3.63) is 23.8 Å². The number of methoxy groups -OCH3 is 3. The quantitative estimate of drug-likeness (QED) is 0.747. The molecular weight excluding hydrogens is 310 g/mol. The smallest absolute Gasteiger partial charge is 0.246 e. The third kappa shape index (κ3) is 4.20. The van der Waals surface area contributed by atoms with Crippen LogP contribution >= 0.6 is 0 Å². The standard InChI is InChI=1S/C18H25NO5/c1-5-14-12-19(8-9-24-14)17(20)7-6-13-10-15(21-2)18(23-4)16(11-13)22-3/h6-7,10-11,14H,5,8-9,12H2,1-4H3/b7-6+. The summed E-state index contributed by atoms with van der Waals surface area (Å²) in [4.78, 5) is 14.2. The molecule has 1 heterocycles. The molecule has 1 aliphatic rings. The maximum Gasteiger partial charge on any atom is 0.246 e. The Labute approximate surface area is 142 Å². The summed E-state index contributed by atoms with van der Waals surface area (Å²) >= 11 is 0. The maximum atomic E-state index is 12.4. The Morgan fingerprint density at radius 2 is 1.92 bits per heavy atom. The Morgan fingerprint density at radius 3 is 2.46 bits per heavy atom. The lowest BCUT2D eigenvalue weighted by atomic mass is 10.1. The summed E-state index contributed by atoms with van der Waals surface area (Å²) in [6.45, 7) is 3.90. The van der Waals surface area contributed by atoms with Gasteiger partial charge in [0.05, 0.1) is 34.0 Å². The SMILES string of the molecule is CCC1CN(C(=O)/C=C/c2cc(OC)c(OC)c(OC)c2)CCO1. The van der Waals surface area contributed by atoms with Crippen LogP contribution in [0.5, 0.6) is 17.2 Å². The number of rotatable bonds is 6. The lowest BCUT2D eigenvalue weighted by Gasteiger charge is -2.31. The van der Waals surface area contributed by atoms with Crippen molar-refractivity contribution >= 4 is 12.0 Å². The van der Waals surface area contributed by atoms with Gasteiger partial charge in [-0.15, -0.1) is 0 Å². The minimum atomic E-state index is -0.0227. The van der Waals surface area contributed by atoms with Crippen LogP contribution in [-0.2, 0) is 9.53 Å². The van der Waals surface area contributed by atoms with E-state index in [0.29, 0.717) is 36.9 Å². The molecule has 0 spiro atoms. The lowest BCUT2D eigenvalue weighted by Crippen LogP contribution is -2.44. The molecule has 1 unspecified atom stereocenters. The highest BCUT2D eigenvalue weighted by Gasteiger charge is 2.21. The van der Waals surface area contributed by atoms with Gasteiger partial charge in [-0.05, 0) is 30.2 Å². The molecule has 1 aromatic carbocycles. The normalized spacial score (nSPS) is 17.8. The molecule has 1 aliphatic heterocycles. The number of ether oxygens (including phenoxy) is 4. The van der Waals surface area contributed by atoms with Crippen molar-refractivity contribution in [1.82, 2.24) is 4.90 Å². The lowest BCUT2D eigenvalue weighted by molar-refractivity contribution is -0.133. The van der Waals surface area contributed by atoms with Gasteiger partial charge in [0.1, 0.15) is 0 Å². The molecule has 0 N–H and O–H groups in total. The van der Waals surface area contributed by atoms with Crippen LogP contribution in [0.15, 0.2) is 18.2 Å². The number of hydrogen-bond acceptors (Lipinski definition) is 5. The van der Waals surface area contributed by atoms with Gasteiger partial charge in [0, 0.05) is 19.2 Å². The highest BCUT2D eigenvalue weighted by atomic mass is 16.5. The molecule has 2 rings (SSSR count). The topological polar surface area (TPSA) is 57.2 Å². The molecule has 0 aromatic heterocycles. The third-order valence-corrected chi connectivity index (χ3v) is 4.01. The van der Waals surface area contributed by atoms with E-state index in [1.165, 1.54) is 0 Å². The number of amides is 1. The van der Waals surface area contributed by atoms with Crippen molar-refractivity contribution in [2.75, 3.05) is 41.0 Å². The van der Waals surface area contributed by atoms with Gasteiger partial charge in [0.2, 0.25) is 11.7 Å². The van der Waals surface area contributed by atoms with E-state index in [4.69, 9.17) is 18.9 Å². The summed E-state index contributed by atoms with van der Waals surface area (Å²) in [5, 5.41) is 0. The van der Waals surface area contributed by atoms with E-state index in [0.717, 1.165) is 12.0 Å². The average molecular weight is 335 g/mol. The second kappa shape index (κ2) is 8.59. The second-order valence-corrected chi connectivity index (χ2v) is 5.48. The van der Waals surface area contributed by atoms with Gasteiger partial charge in [-0.25, -0.2) is 0 Å². The van der Waals surface area contributed by atoms with Gasteiger partial charge in [-0.3, -0.25) is 4.79 Å². The van der Waals surface area contributed by atoms with E-state index in [1.54, 1.807) is 45.6 Å². The van der Waals surface area contributed by atoms with E-state index in [-0.39, 0.29) is 12.0 Å². The molecule has 0 saturated carbocycles. The van der Waals surface area contributed by atoms with E-state index >= 15 is 0 Å². The van der Waals surface area contributed by atoms with Gasteiger partial charge in [-0.1, -0.05) is 6.92 Å². The highest BCUT2D eigenvalue weighted by molar-refractivity contribution is 5.92. The van der Waals surface area contributed by atoms with Gasteiger partial charge >= 0.3 is 0 Å². The van der Waals surface area contributed by atoms with E-state index in [9.17, 15) is 4.79 Å². The molecule has 6 nitrogen and oxygen atoms in total. The Morgan fingerprint density at radius 1 is 1.25 bits per heavy atom. The number of hydrogen-bond donors (Lipinski definition) is 0. The van der Waals surface area contributed by atoms with Crippen LogP contribution < -0.4 is 14.2 Å².